The van der Waals surface area contributed by atoms with Gasteiger partial charge in [-0.05, 0) is 57.0 Å². The van der Waals surface area contributed by atoms with Gasteiger partial charge in [-0.25, -0.2) is 0 Å². The van der Waals surface area contributed by atoms with E-state index in [0.29, 0.717) is 24.6 Å². The van der Waals surface area contributed by atoms with Crippen LogP contribution in [-0.2, 0) is 21.3 Å². The Morgan fingerprint density at radius 1 is 1.07 bits per heavy atom. The van der Waals surface area contributed by atoms with Crippen LogP contribution in [0.1, 0.15) is 23.6 Å². The molecule has 1 aromatic heterocycles. The van der Waals surface area contributed by atoms with Crippen molar-refractivity contribution in [3.63, 3.8) is 0 Å². The van der Waals surface area contributed by atoms with E-state index in [9.17, 15) is 8.42 Å². The summed E-state index contributed by atoms with van der Waals surface area (Å²) in [4.78, 5) is 0.675. The van der Waals surface area contributed by atoms with E-state index in [1.165, 1.54) is 11.3 Å². The zero-order valence-corrected chi connectivity index (χ0v) is 17.7. The zero-order valence-electron chi connectivity index (χ0n) is 16.0. The maximum Gasteiger partial charge on any atom is 0.285 e. The SMILES string of the molecule is CCOCCn1c(=NS(=O)(=O)c2ccc(C)cc2)sc2c(C)cc(C)cc21. The fourth-order valence-corrected chi connectivity index (χ4v) is 5.27. The minimum atomic E-state index is -3.78. The number of hydrogen-bond acceptors (Lipinski definition) is 4. The number of fused-ring (bicyclic) bond motifs is 1. The van der Waals surface area contributed by atoms with Gasteiger partial charge in [-0.15, -0.1) is 4.40 Å². The first-order chi connectivity index (χ1) is 12.8. The number of nitrogens with zero attached hydrogens (tertiary/aromatic N) is 2. The molecule has 5 nitrogen and oxygen atoms in total. The number of rotatable bonds is 6. The van der Waals surface area contributed by atoms with Crippen molar-refractivity contribution in [1.29, 1.82) is 0 Å². The van der Waals surface area contributed by atoms with E-state index in [2.05, 4.69) is 16.5 Å². The number of hydrogen-bond donors (Lipinski definition) is 0. The van der Waals surface area contributed by atoms with E-state index in [4.69, 9.17) is 4.74 Å². The lowest BCUT2D eigenvalue weighted by atomic mass is 10.1. The van der Waals surface area contributed by atoms with Crippen molar-refractivity contribution >= 4 is 31.6 Å². The molecule has 0 saturated heterocycles. The van der Waals surface area contributed by atoms with Crippen molar-refractivity contribution in [2.75, 3.05) is 13.2 Å². The Bertz CT molecular complexity index is 1120. The molecule has 27 heavy (non-hydrogen) atoms. The van der Waals surface area contributed by atoms with Crippen LogP contribution in [-0.4, -0.2) is 26.2 Å². The molecule has 0 N–H and O–H groups in total. The predicted octanol–water partition coefficient (Wildman–Crippen LogP) is 3.95. The molecule has 3 aromatic rings. The van der Waals surface area contributed by atoms with E-state index in [1.54, 1.807) is 24.3 Å². The Morgan fingerprint density at radius 3 is 2.44 bits per heavy atom. The van der Waals surface area contributed by atoms with Crippen molar-refractivity contribution < 1.29 is 13.2 Å². The minimum absolute atomic E-state index is 0.204. The molecule has 0 spiro atoms. The van der Waals surface area contributed by atoms with Crippen LogP contribution in [0.4, 0.5) is 0 Å². The fraction of sp³-hybridized carbons (Fsp3) is 0.350. The lowest BCUT2D eigenvalue weighted by Gasteiger charge is -2.07. The van der Waals surface area contributed by atoms with Crippen molar-refractivity contribution in [3.8, 4) is 0 Å². The molecular weight excluding hydrogens is 380 g/mol. The van der Waals surface area contributed by atoms with Crippen LogP contribution in [0, 0.1) is 20.8 Å². The van der Waals surface area contributed by atoms with E-state index in [-0.39, 0.29) is 4.90 Å². The third-order valence-electron chi connectivity index (χ3n) is 4.29. The third-order valence-corrected chi connectivity index (χ3v) is 6.92. The number of ether oxygens (including phenoxy) is 1. The molecule has 0 aliphatic rings. The first kappa shape index (κ1) is 19.8. The van der Waals surface area contributed by atoms with Gasteiger partial charge in [-0.2, -0.15) is 8.42 Å². The second-order valence-electron chi connectivity index (χ2n) is 6.54. The third kappa shape index (κ3) is 4.31. The van der Waals surface area contributed by atoms with Gasteiger partial charge in [-0.1, -0.05) is 35.1 Å². The molecule has 0 aliphatic carbocycles. The molecule has 2 aromatic carbocycles. The molecule has 1 heterocycles. The number of thiazole rings is 1. The van der Waals surface area contributed by atoms with Crippen molar-refractivity contribution in [2.45, 2.75) is 39.1 Å². The summed E-state index contributed by atoms with van der Waals surface area (Å²) < 4.78 is 38.3. The highest BCUT2D eigenvalue weighted by atomic mass is 32.2. The number of aromatic nitrogens is 1. The first-order valence-corrected chi connectivity index (χ1v) is 11.1. The van der Waals surface area contributed by atoms with E-state index in [0.717, 1.165) is 26.9 Å². The lowest BCUT2D eigenvalue weighted by molar-refractivity contribution is 0.139. The maximum atomic E-state index is 12.8. The highest BCUT2D eigenvalue weighted by Gasteiger charge is 2.15. The van der Waals surface area contributed by atoms with Gasteiger partial charge in [0.15, 0.2) is 0 Å². The van der Waals surface area contributed by atoms with Gasteiger partial charge >= 0.3 is 0 Å². The summed E-state index contributed by atoms with van der Waals surface area (Å²) in [5, 5.41) is 0. The van der Waals surface area contributed by atoms with Gasteiger partial charge < -0.3 is 9.30 Å². The predicted molar refractivity (Wildman–Crippen MR) is 110 cm³/mol. The van der Waals surface area contributed by atoms with Crippen molar-refractivity contribution in [2.24, 2.45) is 4.40 Å². The largest absolute Gasteiger partial charge is 0.380 e. The van der Waals surface area contributed by atoms with Gasteiger partial charge in [-0.3, -0.25) is 0 Å². The molecule has 3 rings (SSSR count). The topological polar surface area (TPSA) is 60.7 Å². The van der Waals surface area contributed by atoms with Gasteiger partial charge in [0.2, 0.25) is 4.80 Å². The van der Waals surface area contributed by atoms with Crippen LogP contribution >= 0.6 is 11.3 Å². The van der Waals surface area contributed by atoms with Crippen LogP contribution in [0.3, 0.4) is 0 Å². The normalized spacial score (nSPS) is 12.8. The van der Waals surface area contributed by atoms with Crippen LogP contribution in [0.2, 0.25) is 0 Å². The second-order valence-corrected chi connectivity index (χ2v) is 9.12. The number of aryl methyl sites for hydroxylation is 3. The summed E-state index contributed by atoms with van der Waals surface area (Å²) in [6.07, 6.45) is 0. The minimum Gasteiger partial charge on any atom is -0.380 e. The van der Waals surface area contributed by atoms with Crippen LogP contribution in [0.25, 0.3) is 10.2 Å². The molecule has 7 heteroatoms. The summed E-state index contributed by atoms with van der Waals surface area (Å²) in [6.45, 7) is 9.62. The molecule has 0 atom stereocenters. The number of benzene rings is 2. The Hall–Kier alpha value is -1.96. The Balaban J connectivity index is 2.19. The monoisotopic (exact) mass is 404 g/mol. The Kier molecular flexibility index (Phi) is 5.83. The summed E-state index contributed by atoms with van der Waals surface area (Å²) in [6, 6.07) is 10.9. The maximum absolute atomic E-state index is 12.8. The molecule has 144 valence electrons. The lowest BCUT2D eigenvalue weighted by Crippen LogP contribution is -2.20. The molecule has 0 unspecified atom stereocenters. The van der Waals surface area contributed by atoms with Gasteiger partial charge in [0, 0.05) is 13.2 Å². The van der Waals surface area contributed by atoms with Crippen molar-refractivity contribution in [1.82, 2.24) is 4.57 Å². The highest BCUT2D eigenvalue weighted by Crippen LogP contribution is 2.24. The molecule has 0 fully saturated rings. The highest BCUT2D eigenvalue weighted by molar-refractivity contribution is 7.90. The van der Waals surface area contributed by atoms with Crippen molar-refractivity contribution in [3.05, 3.63) is 57.9 Å². The van der Waals surface area contributed by atoms with Crippen LogP contribution in [0.15, 0.2) is 45.7 Å². The smallest absolute Gasteiger partial charge is 0.285 e. The Labute approximate surface area is 164 Å². The van der Waals surface area contributed by atoms with Crippen LogP contribution in [0.5, 0.6) is 0 Å². The molecule has 0 radical (unpaired) electrons. The average molecular weight is 405 g/mol. The standard InChI is InChI=1S/C20H24N2O3S2/c1-5-25-11-10-22-18-13-15(3)12-16(4)19(18)26-20(22)21-27(23,24)17-8-6-14(2)7-9-17/h6-9,12-13H,5,10-11H2,1-4H3. The summed E-state index contributed by atoms with van der Waals surface area (Å²) >= 11 is 1.40. The summed E-state index contributed by atoms with van der Waals surface area (Å²) in [7, 11) is -3.78. The molecule has 0 saturated carbocycles. The van der Waals surface area contributed by atoms with E-state index >= 15 is 0 Å². The first-order valence-electron chi connectivity index (χ1n) is 8.88. The second kappa shape index (κ2) is 7.96. The van der Waals surface area contributed by atoms with Gasteiger partial charge in [0.05, 0.1) is 21.7 Å². The molecule has 0 amide bonds. The fourth-order valence-electron chi connectivity index (χ4n) is 2.96. The quantitative estimate of drug-likeness (QED) is 0.585. The van der Waals surface area contributed by atoms with Crippen LogP contribution < -0.4 is 4.80 Å². The zero-order chi connectivity index (χ0) is 19.6. The average Bonchev–Trinajstić information content (AvgIpc) is 2.93. The van der Waals surface area contributed by atoms with E-state index in [1.807, 2.05) is 32.3 Å². The summed E-state index contributed by atoms with van der Waals surface area (Å²) in [5.74, 6) is 0. The molecule has 0 aliphatic heterocycles. The van der Waals surface area contributed by atoms with Gasteiger partial charge in [0.25, 0.3) is 10.0 Å². The Morgan fingerprint density at radius 2 is 1.78 bits per heavy atom. The van der Waals surface area contributed by atoms with Gasteiger partial charge in [0.1, 0.15) is 0 Å². The summed E-state index contributed by atoms with van der Waals surface area (Å²) in [5.41, 5.74) is 4.26. The molecule has 0 bridgehead atoms. The number of sulfonamides is 1. The molecular formula is C20H24N2O3S2. The van der Waals surface area contributed by atoms with E-state index < -0.39 is 10.0 Å².